The molecule has 4 heteroatoms. The molecule has 31 heavy (non-hydrogen) atoms. The Labute approximate surface area is 191 Å². The van der Waals surface area contributed by atoms with E-state index in [0.717, 1.165) is 29.9 Å². The van der Waals surface area contributed by atoms with E-state index < -0.39 is 16.1 Å². The molecular weight excluding hydrogens is 415 g/mol. The minimum atomic E-state index is -1.76. The summed E-state index contributed by atoms with van der Waals surface area (Å²) in [6.45, 7) is 14.0. The van der Waals surface area contributed by atoms with Crippen molar-refractivity contribution < 1.29 is 8.99 Å². The molecule has 1 aliphatic carbocycles. The van der Waals surface area contributed by atoms with Gasteiger partial charge in [-0.15, -0.1) is 0 Å². The average Bonchev–Trinajstić information content (AvgIpc) is 2.73. The Hall–Kier alpha value is -1.54. The first-order valence-electron chi connectivity index (χ1n) is 11.6. The normalized spacial score (nSPS) is 21.9. The minimum Gasteiger partial charge on any atom is -0.414 e. The Morgan fingerprint density at radius 1 is 1.03 bits per heavy atom. The van der Waals surface area contributed by atoms with Crippen LogP contribution in [-0.2, 0) is 15.4 Å². The van der Waals surface area contributed by atoms with Crippen LogP contribution >= 0.6 is 7.80 Å². The molecule has 0 aliphatic heterocycles. The van der Waals surface area contributed by atoms with Gasteiger partial charge in [-0.25, -0.2) is 0 Å². The third-order valence-corrected chi connectivity index (χ3v) is 13.2. The van der Waals surface area contributed by atoms with Gasteiger partial charge < -0.3 is 4.43 Å². The van der Waals surface area contributed by atoms with E-state index in [2.05, 4.69) is 59.0 Å². The van der Waals surface area contributed by atoms with Crippen molar-refractivity contribution in [2.75, 3.05) is 0 Å². The van der Waals surface area contributed by atoms with E-state index in [1.807, 2.05) is 42.5 Å². The summed E-state index contributed by atoms with van der Waals surface area (Å²) in [5.74, 6) is 0.592. The van der Waals surface area contributed by atoms with Crippen molar-refractivity contribution in [1.29, 1.82) is 0 Å². The van der Waals surface area contributed by atoms with Gasteiger partial charge in [0.25, 0.3) is 0 Å². The highest BCUT2D eigenvalue weighted by Gasteiger charge is 2.40. The minimum absolute atomic E-state index is 0.238. The number of allylic oxidation sites excluding steroid dienone is 1. The van der Waals surface area contributed by atoms with Crippen LogP contribution in [0.5, 0.6) is 0 Å². The summed E-state index contributed by atoms with van der Waals surface area (Å²) in [7, 11) is -3.33. The molecule has 0 aromatic heterocycles. The second-order valence-corrected chi connectivity index (χ2v) is 16.8. The number of hydrogen-bond donors (Lipinski definition) is 0. The van der Waals surface area contributed by atoms with E-state index in [4.69, 9.17) is 4.43 Å². The molecule has 0 bridgehead atoms. The molecule has 2 nitrogen and oxygen atoms in total. The van der Waals surface area contributed by atoms with Gasteiger partial charge in [0.1, 0.15) is 0 Å². The van der Waals surface area contributed by atoms with Gasteiger partial charge in [-0.2, -0.15) is 0 Å². The van der Waals surface area contributed by atoms with Crippen LogP contribution in [0.25, 0.3) is 0 Å². The zero-order valence-electron chi connectivity index (χ0n) is 20.0. The van der Waals surface area contributed by atoms with Gasteiger partial charge in [-0.1, -0.05) is 80.3 Å². The van der Waals surface area contributed by atoms with Crippen LogP contribution in [0.2, 0.25) is 18.1 Å². The Morgan fingerprint density at radius 2 is 1.68 bits per heavy atom. The summed E-state index contributed by atoms with van der Waals surface area (Å²) in [5.41, 5.74) is 2.67. The second kappa shape index (κ2) is 9.94. The zero-order valence-corrected chi connectivity index (χ0v) is 21.9. The van der Waals surface area contributed by atoms with Crippen LogP contribution in [0.3, 0.4) is 0 Å². The van der Waals surface area contributed by atoms with Crippen molar-refractivity contribution in [2.45, 2.75) is 77.6 Å². The smallest absolute Gasteiger partial charge is 0.414 e. The first kappa shape index (κ1) is 24.1. The lowest BCUT2D eigenvalue weighted by Crippen LogP contribution is -2.44. The summed E-state index contributed by atoms with van der Waals surface area (Å²) in [6, 6.07) is 18.0. The maximum absolute atomic E-state index is 13.2. The largest absolute Gasteiger partial charge is 0.415 e. The Balaban J connectivity index is 1.76. The maximum Gasteiger partial charge on any atom is 0.415 e. The fourth-order valence-corrected chi connectivity index (χ4v) is 6.75. The van der Waals surface area contributed by atoms with Crippen LogP contribution in [0.4, 0.5) is 0 Å². The molecule has 0 spiro atoms. The van der Waals surface area contributed by atoms with E-state index in [0.29, 0.717) is 12.0 Å². The fraction of sp³-hybridized carbons (Fsp3) is 0.481. The van der Waals surface area contributed by atoms with Crippen molar-refractivity contribution in [3.8, 4) is 0 Å². The van der Waals surface area contributed by atoms with Crippen molar-refractivity contribution in [3.05, 3.63) is 71.8 Å². The lowest BCUT2D eigenvalue weighted by molar-refractivity contribution is 0.145. The third kappa shape index (κ3) is 6.03. The molecule has 1 fully saturated rings. The summed E-state index contributed by atoms with van der Waals surface area (Å²) in [4.78, 5) is 0. The molecule has 166 valence electrons. The van der Waals surface area contributed by atoms with E-state index in [-0.39, 0.29) is 5.04 Å². The van der Waals surface area contributed by atoms with Crippen LogP contribution in [0.1, 0.15) is 52.5 Å². The lowest BCUT2D eigenvalue weighted by atomic mass is 9.83. The highest BCUT2D eigenvalue weighted by molar-refractivity contribution is 7.61. The summed E-state index contributed by atoms with van der Waals surface area (Å²) in [5, 5.41) is 2.09. The van der Waals surface area contributed by atoms with Crippen LogP contribution in [0, 0.1) is 5.92 Å². The molecule has 1 saturated carbocycles. The van der Waals surface area contributed by atoms with Crippen LogP contribution < -0.4 is 10.6 Å². The molecule has 2 aromatic rings. The van der Waals surface area contributed by atoms with Gasteiger partial charge in [-0.05, 0) is 67.9 Å². The van der Waals surface area contributed by atoms with Crippen LogP contribution in [-0.4, -0.2) is 14.4 Å². The van der Waals surface area contributed by atoms with Gasteiger partial charge in [0, 0.05) is 11.7 Å². The monoisotopic (exact) mass is 453 g/mol. The number of rotatable bonds is 6. The Morgan fingerprint density at radius 3 is 2.35 bits per heavy atom. The van der Waals surface area contributed by atoms with Crippen LogP contribution in [0.15, 0.2) is 66.2 Å². The van der Waals surface area contributed by atoms with Gasteiger partial charge in [0.2, 0.25) is 0 Å². The summed E-state index contributed by atoms with van der Waals surface area (Å²) >= 11 is 0. The molecule has 2 aromatic carbocycles. The molecule has 0 amide bonds. The standard InChI is InChI=1S/C27H38O2PSi/c1-21-16-19-24(29-31(5,6)27(2,3)4)20-23(21)18-17-22-12-10-11-15-26(22)30(28)25-13-8-7-9-14-25/h7-15,18,21,24H,16-17,19-20H2,1-6H3/q+1/t21?,24-/m0/s1. The first-order chi connectivity index (χ1) is 14.6. The van der Waals surface area contributed by atoms with E-state index in [1.54, 1.807) is 0 Å². The zero-order chi connectivity index (χ0) is 22.6. The predicted octanol–water partition coefficient (Wildman–Crippen LogP) is 7.14. The Kier molecular flexibility index (Phi) is 7.73. The fourth-order valence-electron chi connectivity index (χ4n) is 3.99. The first-order valence-corrected chi connectivity index (χ1v) is 15.7. The van der Waals surface area contributed by atoms with E-state index in [9.17, 15) is 4.57 Å². The van der Waals surface area contributed by atoms with E-state index in [1.165, 1.54) is 17.6 Å². The molecule has 3 rings (SSSR count). The molecule has 3 atom stereocenters. The maximum atomic E-state index is 13.2. The summed E-state index contributed by atoms with van der Waals surface area (Å²) in [6.07, 6.45) is 6.92. The van der Waals surface area contributed by atoms with Gasteiger partial charge in [0.15, 0.2) is 18.9 Å². The molecular formula is C27H38O2PSi+. The van der Waals surface area contributed by atoms with Crippen molar-refractivity contribution in [3.63, 3.8) is 0 Å². The van der Waals surface area contributed by atoms with Gasteiger partial charge >= 0.3 is 7.80 Å². The lowest BCUT2D eigenvalue weighted by Gasteiger charge is -2.41. The predicted molar refractivity (Wildman–Crippen MR) is 137 cm³/mol. The number of hydrogen-bond acceptors (Lipinski definition) is 2. The second-order valence-electron chi connectivity index (χ2n) is 10.4. The molecule has 0 heterocycles. The molecule has 0 radical (unpaired) electrons. The molecule has 1 aliphatic rings. The van der Waals surface area contributed by atoms with Gasteiger partial charge in [-0.3, -0.25) is 0 Å². The molecule has 0 N–H and O–H groups in total. The van der Waals surface area contributed by atoms with Crippen molar-refractivity contribution in [2.24, 2.45) is 5.92 Å². The SMILES string of the molecule is CC1CC[C@H](O[Si](C)(C)C(C)(C)C)CC1=CCc1ccccc1[P+](=O)c1ccccc1. The van der Waals surface area contributed by atoms with Gasteiger partial charge in [0.05, 0.1) is 0 Å². The molecule has 0 saturated heterocycles. The van der Waals surface area contributed by atoms with Crippen molar-refractivity contribution >= 4 is 26.7 Å². The average molecular weight is 454 g/mol. The summed E-state index contributed by atoms with van der Waals surface area (Å²) < 4.78 is 19.9. The molecule has 2 unspecified atom stereocenters. The third-order valence-electron chi connectivity index (χ3n) is 7.07. The quantitative estimate of drug-likeness (QED) is 0.264. The van der Waals surface area contributed by atoms with Crippen molar-refractivity contribution in [1.82, 2.24) is 0 Å². The highest BCUT2D eigenvalue weighted by atomic mass is 31.1. The topological polar surface area (TPSA) is 26.3 Å². The Bertz CT molecular complexity index is 928. The number of benzene rings is 2. The highest BCUT2D eigenvalue weighted by Crippen LogP contribution is 2.40. The van der Waals surface area contributed by atoms with E-state index >= 15 is 0 Å².